The Balaban J connectivity index is 1.95. The lowest BCUT2D eigenvalue weighted by Gasteiger charge is -2.23. The number of ether oxygens (including phenoxy) is 1. The van der Waals surface area contributed by atoms with Crippen molar-refractivity contribution in [2.45, 2.75) is 45.1 Å². The van der Waals surface area contributed by atoms with Crippen molar-refractivity contribution in [1.82, 2.24) is 4.90 Å². The molecule has 0 heterocycles. The Labute approximate surface area is 126 Å². The first-order valence-corrected chi connectivity index (χ1v) is 7.91. The second-order valence-electron chi connectivity index (χ2n) is 5.51. The van der Waals surface area contributed by atoms with Crippen LogP contribution in [0.1, 0.15) is 49.4 Å². The van der Waals surface area contributed by atoms with E-state index in [2.05, 4.69) is 0 Å². The summed E-state index contributed by atoms with van der Waals surface area (Å²) in [6.45, 7) is 2.87. The third kappa shape index (κ3) is 4.46. The SMILES string of the molecule is CCN(CCO)C(=O)c1ccc(OC2CCCCC2)cc1. The first-order valence-electron chi connectivity index (χ1n) is 7.91. The van der Waals surface area contributed by atoms with Gasteiger partial charge in [-0.3, -0.25) is 4.79 Å². The van der Waals surface area contributed by atoms with E-state index in [0.717, 1.165) is 18.6 Å². The van der Waals surface area contributed by atoms with Crippen LogP contribution in [0.2, 0.25) is 0 Å². The topological polar surface area (TPSA) is 49.8 Å². The summed E-state index contributed by atoms with van der Waals surface area (Å²) < 4.78 is 5.96. The van der Waals surface area contributed by atoms with Crippen LogP contribution in [0.5, 0.6) is 5.75 Å². The van der Waals surface area contributed by atoms with E-state index in [-0.39, 0.29) is 12.5 Å². The van der Waals surface area contributed by atoms with Gasteiger partial charge in [0.25, 0.3) is 5.91 Å². The molecule has 0 bridgehead atoms. The number of aliphatic hydroxyl groups excluding tert-OH is 1. The molecule has 1 aromatic carbocycles. The van der Waals surface area contributed by atoms with Gasteiger partial charge < -0.3 is 14.7 Å². The number of rotatable bonds is 6. The van der Waals surface area contributed by atoms with E-state index in [0.29, 0.717) is 24.8 Å². The van der Waals surface area contributed by atoms with Crippen molar-refractivity contribution in [2.24, 2.45) is 0 Å². The van der Waals surface area contributed by atoms with Gasteiger partial charge in [0.1, 0.15) is 5.75 Å². The van der Waals surface area contributed by atoms with E-state index >= 15 is 0 Å². The van der Waals surface area contributed by atoms with Crippen molar-refractivity contribution in [3.8, 4) is 5.75 Å². The number of amides is 1. The molecule has 2 rings (SSSR count). The van der Waals surface area contributed by atoms with Crippen molar-refractivity contribution in [3.63, 3.8) is 0 Å². The van der Waals surface area contributed by atoms with Gasteiger partial charge in [-0.1, -0.05) is 6.42 Å². The Morgan fingerprint density at radius 2 is 1.90 bits per heavy atom. The quantitative estimate of drug-likeness (QED) is 0.877. The molecule has 1 N–H and O–H groups in total. The van der Waals surface area contributed by atoms with Crippen molar-refractivity contribution >= 4 is 5.91 Å². The fourth-order valence-electron chi connectivity index (χ4n) is 2.76. The van der Waals surface area contributed by atoms with Crippen LogP contribution in [0.25, 0.3) is 0 Å². The summed E-state index contributed by atoms with van der Waals surface area (Å²) in [7, 11) is 0. The van der Waals surface area contributed by atoms with Gasteiger partial charge in [-0.05, 0) is 56.9 Å². The molecule has 0 aromatic heterocycles. The molecule has 0 atom stereocenters. The van der Waals surface area contributed by atoms with Crippen LogP contribution < -0.4 is 4.74 Å². The number of benzene rings is 1. The van der Waals surface area contributed by atoms with Gasteiger partial charge in [-0.2, -0.15) is 0 Å². The number of likely N-dealkylation sites (N-methyl/N-ethyl adjacent to an activating group) is 1. The van der Waals surface area contributed by atoms with Crippen molar-refractivity contribution in [1.29, 1.82) is 0 Å². The van der Waals surface area contributed by atoms with Crippen LogP contribution in [-0.2, 0) is 0 Å². The van der Waals surface area contributed by atoms with Crippen LogP contribution in [0.15, 0.2) is 24.3 Å². The molecule has 21 heavy (non-hydrogen) atoms. The molecule has 0 aliphatic heterocycles. The van der Waals surface area contributed by atoms with E-state index in [1.54, 1.807) is 17.0 Å². The number of aliphatic hydroxyl groups is 1. The third-order valence-electron chi connectivity index (χ3n) is 4.00. The summed E-state index contributed by atoms with van der Waals surface area (Å²) in [4.78, 5) is 13.9. The van der Waals surface area contributed by atoms with Crippen LogP contribution in [-0.4, -0.2) is 41.7 Å². The number of nitrogens with zero attached hydrogens (tertiary/aromatic N) is 1. The fourth-order valence-corrected chi connectivity index (χ4v) is 2.76. The predicted octanol–water partition coefficient (Wildman–Crippen LogP) is 2.85. The highest BCUT2D eigenvalue weighted by molar-refractivity contribution is 5.94. The van der Waals surface area contributed by atoms with Gasteiger partial charge in [-0.25, -0.2) is 0 Å². The number of hydrogen-bond acceptors (Lipinski definition) is 3. The number of carbonyl (C=O) groups excluding carboxylic acids is 1. The molecule has 0 saturated heterocycles. The molecule has 1 aromatic rings. The summed E-state index contributed by atoms with van der Waals surface area (Å²) in [5, 5.41) is 8.98. The zero-order valence-electron chi connectivity index (χ0n) is 12.8. The summed E-state index contributed by atoms with van der Waals surface area (Å²) in [6.07, 6.45) is 6.37. The van der Waals surface area contributed by atoms with Crippen molar-refractivity contribution in [2.75, 3.05) is 19.7 Å². The highest BCUT2D eigenvalue weighted by atomic mass is 16.5. The molecule has 1 fully saturated rings. The second-order valence-corrected chi connectivity index (χ2v) is 5.51. The zero-order chi connectivity index (χ0) is 15.1. The third-order valence-corrected chi connectivity index (χ3v) is 4.00. The Bertz CT molecular complexity index is 438. The first-order chi connectivity index (χ1) is 10.2. The van der Waals surface area contributed by atoms with Crippen LogP contribution >= 0.6 is 0 Å². The second kappa shape index (κ2) is 8.03. The molecular formula is C17H25NO3. The molecule has 0 unspecified atom stereocenters. The standard InChI is InChI=1S/C17H25NO3/c1-2-18(12-13-19)17(20)14-8-10-16(11-9-14)21-15-6-4-3-5-7-15/h8-11,15,19H,2-7,12-13H2,1H3. The lowest BCUT2D eigenvalue weighted by atomic mass is 9.98. The lowest BCUT2D eigenvalue weighted by Crippen LogP contribution is -2.33. The zero-order valence-corrected chi connectivity index (χ0v) is 12.8. The van der Waals surface area contributed by atoms with E-state index in [4.69, 9.17) is 9.84 Å². The van der Waals surface area contributed by atoms with E-state index < -0.39 is 0 Å². The minimum absolute atomic E-state index is 0.0115. The van der Waals surface area contributed by atoms with Crippen LogP contribution in [0.3, 0.4) is 0 Å². The van der Waals surface area contributed by atoms with Gasteiger partial charge in [-0.15, -0.1) is 0 Å². The van der Waals surface area contributed by atoms with E-state index in [1.807, 2.05) is 19.1 Å². The van der Waals surface area contributed by atoms with E-state index in [1.165, 1.54) is 19.3 Å². The normalized spacial score (nSPS) is 15.7. The molecule has 4 nitrogen and oxygen atoms in total. The molecule has 1 aliphatic rings. The molecule has 116 valence electrons. The van der Waals surface area contributed by atoms with Gasteiger partial charge in [0.05, 0.1) is 12.7 Å². The molecule has 1 amide bonds. The van der Waals surface area contributed by atoms with Crippen molar-refractivity contribution < 1.29 is 14.6 Å². The van der Waals surface area contributed by atoms with Gasteiger partial charge >= 0.3 is 0 Å². The van der Waals surface area contributed by atoms with Gasteiger partial charge in [0, 0.05) is 18.7 Å². The largest absolute Gasteiger partial charge is 0.490 e. The van der Waals surface area contributed by atoms with Crippen LogP contribution in [0.4, 0.5) is 0 Å². The average Bonchev–Trinajstić information content (AvgIpc) is 2.54. The molecule has 0 radical (unpaired) electrons. The maximum absolute atomic E-state index is 12.2. The summed E-state index contributed by atoms with van der Waals surface area (Å²) in [5.74, 6) is 0.791. The highest BCUT2D eigenvalue weighted by Gasteiger charge is 2.16. The molecule has 1 aliphatic carbocycles. The van der Waals surface area contributed by atoms with Gasteiger partial charge in [0.2, 0.25) is 0 Å². The average molecular weight is 291 g/mol. The summed E-state index contributed by atoms with van der Waals surface area (Å²) in [5.41, 5.74) is 0.640. The Kier molecular flexibility index (Phi) is 6.05. The predicted molar refractivity (Wildman–Crippen MR) is 82.6 cm³/mol. The Hall–Kier alpha value is -1.55. The Morgan fingerprint density at radius 1 is 1.24 bits per heavy atom. The molecule has 0 spiro atoms. The Morgan fingerprint density at radius 3 is 2.48 bits per heavy atom. The minimum atomic E-state index is -0.0456. The maximum atomic E-state index is 12.2. The van der Waals surface area contributed by atoms with Crippen LogP contribution in [0, 0.1) is 0 Å². The highest BCUT2D eigenvalue weighted by Crippen LogP contribution is 2.23. The number of hydrogen-bond donors (Lipinski definition) is 1. The minimum Gasteiger partial charge on any atom is -0.490 e. The smallest absolute Gasteiger partial charge is 0.253 e. The monoisotopic (exact) mass is 291 g/mol. The van der Waals surface area contributed by atoms with Gasteiger partial charge in [0.15, 0.2) is 0 Å². The van der Waals surface area contributed by atoms with Crippen molar-refractivity contribution in [3.05, 3.63) is 29.8 Å². The lowest BCUT2D eigenvalue weighted by molar-refractivity contribution is 0.0732. The fraction of sp³-hybridized carbons (Fsp3) is 0.588. The number of carbonyl (C=O) groups is 1. The molecular weight excluding hydrogens is 266 g/mol. The summed E-state index contributed by atoms with van der Waals surface area (Å²) >= 11 is 0. The molecule has 4 heteroatoms. The maximum Gasteiger partial charge on any atom is 0.253 e. The molecule has 1 saturated carbocycles. The van der Waals surface area contributed by atoms with E-state index in [9.17, 15) is 4.79 Å². The summed E-state index contributed by atoms with van der Waals surface area (Å²) in [6, 6.07) is 7.35. The first kappa shape index (κ1) is 15.8.